The van der Waals surface area contributed by atoms with Crippen LogP contribution in [-0.4, -0.2) is 13.6 Å². The molecule has 0 aliphatic rings. The summed E-state index contributed by atoms with van der Waals surface area (Å²) in [6.45, 7) is 0.945. The fourth-order valence-corrected chi connectivity index (χ4v) is 3.41. The van der Waals surface area contributed by atoms with E-state index in [4.69, 9.17) is 23.2 Å². The van der Waals surface area contributed by atoms with E-state index in [0.29, 0.717) is 10.9 Å². The second kappa shape index (κ2) is 8.19. The van der Waals surface area contributed by atoms with E-state index < -0.39 is 0 Å². The van der Waals surface area contributed by atoms with Gasteiger partial charge in [-0.05, 0) is 61.7 Å². The largest absolute Gasteiger partial charge is 0.319 e. The molecule has 0 aliphatic heterocycles. The highest BCUT2D eigenvalue weighted by Crippen LogP contribution is 2.26. The van der Waals surface area contributed by atoms with Gasteiger partial charge in [-0.3, -0.25) is 0 Å². The van der Waals surface area contributed by atoms with Crippen LogP contribution in [0, 0.1) is 5.92 Å². The minimum atomic E-state index is 0.479. The Morgan fingerprint density at radius 1 is 1.05 bits per heavy atom. The molecule has 112 valence electrons. The molecule has 0 radical (unpaired) electrons. The summed E-state index contributed by atoms with van der Waals surface area (Å²) in [4.78, 5) is 0. The van der Waals surface area contributed by atoms with Gasteiger partial charge in [-0.1, -0.05) is 63.4 Å². The van der Waals surface area contributed by atoms with E-state index >= 15 is 0 Å². The first-order valence-corrected chi connectivity index (χ1v) is 8.47. The minimum Gasteiger partial charge on any atom is -0.319 e. The average Bonchev–Trinajstić information content (AvgIpc) is 2.44. The standard InChI is InChI=1S/C17H18BrCl2N/c1-21-11-12(8-13-4-2-3-5-16(13)18)9-14-6-7-15(19)10-17(14)20/h2-7,10,12,21H,8-9,11H2,1H3. The molecule has 1 nitrogen and oxygen atoms in total. The quantitative estimate of drug-likeness (QED) is 0.702. The van der Waals surface area contributed by atoms with Crippen LogP contribution in [0.25, 0.3) is 0 Å². The van der Waals surface area contributed by atoms with E-state index in [0.717, 1.165) is 34.4 Å². The lowest BCUT2D eigenvalue weighted by atomic mass is 9.92. The number of rotatable bonds is 6. The molecule has 21 heavy (non-hydrogen) atoms. The molecule has 0 aromatic heterocycles. The van der Waals surface area contributed by atoms with Crippen molar-refractivity contribution in [3.05, 3.63) is 68.1 Å². The van der Waals surface area contributed by atoms with Crippen molar-refractivity contribution in [2.45, 2.75) is 12.8 Å². The molecule has 2 aromatic rings. The van der Waals surface area contributed by atoms with Gasteiger partial charge in [-0.25, -0.2) is 0 Å². The van der Waals surface area contributed by atoms with Gasteiger partial charge < -0.3 is 5.32 Å². The summed E-state index contributed by atoms with van der Waals surface area (Å²) in [5, 5.41) is 4.70. The maximum absolute atomic E-state index is 6.29. The SMILES string of the molecule is CNCC(Cc1ccc(Cl)cc1Cl)Cc1ccccc1Br. The third-order valence-electron chi connectivity index (χ3n) is 3.48. The predicted octanol–water partition coefficient (Wildman–Crippen LogP) is 5.38. The Kier molecular flexibility index (Phi) is 6.56. The van der Waals surface area contributed by atoms with Crippen molar-refractivity contribution < 1.29 is 0 Å². The molecule has 0 saturated carbocycles. The topological polar surface area (TPSA) is 12.0 Å². The van der Waals surface area contributed by atoms with Crippen molar-refractivity contribution in [3.63, 3.8) is 0 Å². The van der Waals surface area contributed by atoms with Gasteiger partial charge in [-0.15, -0.1) is 0 Å². The van der Waals surface area contributed by atoms with Gasteiger partial charge in [0.15, 0.2) is 0 Å². The molecule has 1 atom stereocenters. The van der Waals surface area contributed by atoms with Crippen LogP contribution in [0.1, 0.15) is 11.1 Å². The number of nitrogens with one attached hydrogen (secondary N) is 1. The maximum Gasteiger partial charge on any atom is 0.0452 e. The lowest BCUT2D eigenvalue weighted by Gasteiger charge is -2.18. The highest BCUT2D eigenvalue weighted by atomic mass is 79.9. The Morgan fingerprint density at radius 2 is 1.76 bits per heavy atom. The molecule has 2 rings (SSSR count). The van der Waals surface area contributed by atoms with Gasteiger partial charge in [0.2, 0.25) is 0 Å². The van der Waals surface area contributed by atoms with E-state index in [9.17, 15) is 0 Å². The van der Waals surface area contributed by atoms with E-state index in [-0.39, 0.29) is 0 Å². The minimum absolute atomic E-state index is 0.479. The highest BCUT2D eigenvalue weighted by molar-refractivity contribution is 9.10. The lowest BCUT2D eigenvalue weighted by molar-refractivity contribution is 0.492. The normalized spacial score (nSPS) is 12.4. The number of hydrogen-bond acceptors (Lipinski definition) is 1. The van der Waals surface area contributed by atoms with Crippen molar-refractivity contribution in [2.24, 2.45) is 5.92 Å². The van der Waals surface area contributed by atoms with E-state index in [1.165, 1.54) is 5.56 Å². The average molecular weight is 387 g/mol. The zero-order valence-electron chi connectivity index (χ0n) is 11.9. The molecular formula is C17H18BrCl2N. The van der Waals surface area contributed by atoms with E-state index in [1.54, 1.807) is 0 Å². The number of halogens is 3. The van der Waals surface area contributed by atoms with Crippen LogP contribution in [0.15, 0.2) is 46.9 Å². The van der Waals surface area contributed by atoms with Crippen molar-refractivity contribution in [3.8, 4) is 0 Å². The first-order valence-electron chi connectivity index (χ1n) is 6.92. The van der Waals surface area contributed by atoms with Crippen LogP contribution < -0.4 is 5.32 Å². The predicted molar refractivity (Wildman–Crippen MR) is 95.4 cm³/mol. The number of hydrogen-bond donors (Lipinski definition) is 1. The molecule has 0 bridgehead atoms. The summed E-state index contributed by atoms with van der Waals surface area (Å²) in [6, 6.07) is 14.1. The Bertz CT molecular complexity index is 601. The molecule has 1 N–H and O–H groups in total. The Labute approximate surface area is 144 Å². The van der Waals surface area contributed by atoms with Crippen molar-refractivity contribution >= 4 is 39.1 Å². The van der Waals surface area contributed by atoms with Crippen molar-refractivity contribution in [2.75, 3.05) is 13.6 Å². The van der Waals surface area contributed by atoms with Gasteiger partial charge >= 0.3 is 0 Å². The Hall–Kier alpha value is -0.540. The fourth-order valence-electron chi connectivity index (χ4n) is 2.48. The van der Waals surface area contributed by atoms with Crippen LogP contribution in [0.5, 0.6) is 0 Å². The van der Waals surface area contributed by atoms with Crippen LogP contribution in [0.4, 0.5) is 0 Å². The summed E-state index contributed by atoms with van der Waals surface area (Å²) in [5.74, 6) is 0.479. The van der Waals surface area contributed by atoms with Gasteiger partial charge in [0.05, 0.1) is 0 Å². The summed E-state index contributed by atoms with van der Waals surface area (Å²) >= 11 is 15.9. The summed E-state index contributed by atoms with van der Waals surface area (Å²) in [7, 11) is 1.98. The zero-order chi connectivity index (χ0) is 15.2. The summed E-state index contributed by atoms with van der Waals surface area (Å²) < 4.78 is 1.16. The smallest absolute Gasteiger partial charge is 0.0452 e. The molecule has 0 fully saturated rings. The first-order chi connectivity index (χ1) is 10.1. The maximum atomic E-state index is 6.29. The zero-order valence-corrected chi connectivity index (χ0v) is 15.0. The second-order valence-electron chi connectivity index (χ2n) is 5.16. The summed E-state index contributed by atoms with van der Waals surface area (Å²) in [6.07, 6.45) is 1.93. The monoisotopic (exact) mass is 385 g/mol. The molecule has 1 unspecified atom stereocenters. The lowest BCUT2D eigenvalue weighted by Crippen LogP contribution is -2.23. The van der Waals surface area contributed by atoms with Crippen molar-refractivity contribution in [1.82, 2.24) is 5.32 Å². The third-order valence-corrected chi connectivity index (χ3v) is 4.84. The molecule has 0 spiro atoms. The van der Waals surface area contributed by atoms with E-state index in [2.05, 4.69) is 39.4 Å². The Morgan fingerprint density at radius 3 is 2.43 bits per heavy atom. The van der Waals surface area contributed by atoms with Crippen LogP contribution in [-0.2, 0) is 12.8 Å². The van der Waals surface area contributed by atoms with Gasteiger partial charge in [0.1, 0.15) is 0 Å². The fraction of sp³-hybridized carbons (Fsp3) is 0.294. The molecule has 0 amide bonds. The molecule has 0 heterocycles. The first kappa shape index (κ1) is 16.8. The molecular weight excluding hydrogens is 369 g/mol. The highest BCUT2D eigenvalue weighted by Gasteiger charge is 2.13. The van der Waals surface area contributed by atoms with Gasteiger partial charge in [0, 0.05) is 14.5 Å². The van der Waals surface area contributed by atoms with E-state index in [1.807, 2.05) is 31.3 Å². The van der Waals surface area contributed by atoms with Gasteiger partial charge in [0.25, 0.3) is 0 Å². The van der Waals surface area contributed by atoms with Crippen LogP contribution in [0.3, 0.4) is 0 Å². The molecule has 4 heteroatoms. The summed E-state index contributed by atoms with van der Waals surface area (Å²) in [5.41, 5.74) is 2.47. The molecule has 0 saturated heterocycles. The van der Waals surface area contributed by atoms with Crippen LogP contribution >= 0.6 is 39.1 Å². The van der Waals surface area contributed by atoms with Crippen LogP contribution in [0.2, 0.25) is 10.0 Å². The second-order valence-corrected chi connectivity index (χ2v) is 6.86. The van der Waals surface area contributed by atoms with Crippen molar-refractivity contribution in [1.29, 1.82) is 0 Å². The molecule has 0 aliphatic carbocycles. The van der Waals surface area contributed by atoms with Gasteiger partial charge in [-0.2, -0.15) is 0 Å². The third kappa shape index (κ3) is 5.00. The Balaban J connectivity index is 2.14. The molecule has 2 aromatic carbocycles. The number of benzene rings is 2.